The Morgan fingerprint density at radius 2 is 1.67 bits per heavy atom. The van der Waals surface area contributed by atoms with Gasteiger partial charge in [0.25, 0.3) is 5.91 Å². The molecule has 1 aromatic carbocycles. The van der Waals surface area contributed by atoms with Gasteiger partial charge in [0.15, 0.2) is 5.84 Å². The maximum atomic E-state index is 12.4. The maximum Gasteiger partial charge on any atom is 0.256 e. The second kappa shape index (κ2) is 8.49. The van der Waals surface area contributed by atoms with Crippen LogP contribution in [-0.2, 0) is 10.0 Å². The Bertz CT molecular complexity index is 709. The van der Waals surface area contributed by atoms with Crippen molar-refractivity contribution in [3.05, 3.63) is 29.8 Å². The first-order valence-corrected chi connectivity index (χ1v) is 9.60. The van der Waals surface area contributed by atoms with Crippen molar-refractivity contribution < 1.29 is 13.2 Å². The average Bonchev–Trinajstić information content (AvgIpc) is 2.52. The molecule has 0 saturated heterocycles. The smallest absolute Gasteiger partial charge is 0.256 e. The fourth-order valence-corrected chi connectivity index (χ4v) is 3.78. The van der Waals surface area contributed by atoms with E-state index in [1.807, 2.05) is 0 Å². The molecule has 0 bridgehead atoms. The van der Waals surface area contributed by atoms with E-state index in [9.17, 15) is 13.2 Å². The van der Waals surface area contributed by atoms with Crippen molar-refractivity contribution in [3.8, 4) is 0 Å². The van der Waals surface area contributed by atoms with Crippen LogP contribution in [0.5, 0.6) is 0 Å². The van der Waals surface area contributed by atoms with Gasteiger partial charge < -0.3 is 5.32 Å². The number of aliphatic imine (C=N–C) groups is 1. The third-order valence-electron chi connectivity index (χ3n) is 3.18. The number of benzene rings is 1. The van der Waals surface area contributed by atoms with Gasteiger partial charge in [0.1, 0.15) is 0 Å². The summed E-state index contributed by atoms with van der Waals surface area (Å²) in [6.45, 7) is 4.23. The van der Waals surface area contributed by atoms with Crippen molar-refractivity contribution in [3.63, 3.8) is 0 Å². The van der Waals surface area contributed by atoms with Crippen LogP contribution in [0, 0.1) is 0 Å². The summed E-state index contributed by atoms with van der Waals surface area (Å²) in [7, 11) is -2.21. The van der Waals surface area contributed by atoms with Gasteiger partial charge in [0.05, 0.1) is 4.90 Å². The highest BCUT2D eigenvalue weighted by Crippen LogP contribution is 2.27. The van der Waals surface area contributed by atoms with Gasteiger partial charge in [-0.15, -0.1) is 0 Å². The minimum Gasteiger partial charge on any atom is -0.307 e. The van der Waals surface area contributed by atoms with Gasteiger partial charge >= 0.3 is 0 Å². The predicted molar refractivity (Wildman–Crippen MR) is 97.7 cm³/mol. The molecule has 1 amide bonds. The van der Waals surface area contributed by atoms with Crippen molar-refractivity contribution in [2.24, 2.45) is 4.99 Å². The number of halogens is 3. The Hall–Kier alpha value is -0.860. The zero-order valence-corrected chi connectivity index (χ0v) is 16.5. The van der Waals surface area contributed by atoms with Gasteiger partial charge in [-0.25, -0.2) is 8.42 Å². The summed E-state index contributed by atoms with van der Waals surface area (Å²) in [6.07, 6.45) is 0. The molecular weight excluding hydrogens is 397 g/mol. The molecule has 1 aromatic rings. The van der Waals surface area contributed by atoms with Crippen molar-refractivity contribution in [1.29, 1.82) is 0 Å². The highest BCUT2D eigenvalue weighted by molar-refractivity contribution is 7.89. The summed E-state index contributed by atoms with van der Waals surface area (Å²) >= 11 is 17.0. The fraction of sp³-hybridized carbons (Fsp3) is 0.429. The molecule has 1 rings (SSSR count). The summed E-state index contributed by atoms with van der Waals surface area (Å²) in [4.78, 5) is 16.0. The molecule has 0 spiro atoms. The quantitative estimate of drug-likeness (QED) is 0.457. The lowest BCUT2D eigenvalue weighted by molar-refractivity contribution is 0.0976. The van der Waals surface area contributed by atoms with E-state index in [0.717, 1.165) is 0 Å². The number of carbonyl (C=O) groups excluding carboxylic acids is 1. The second-order valence-corrected chi connectivity index (χ2v) is 8.86. The molecule has 134 valence electrons. The lowest BCUT2D eigenvalue weighted by Gasteiger charge is -2.18. The SMILES string of the molecule is CCN(CC)S(=O)(=O)c1ccc(C(=O)NC(=NC)C(Cl)(Cl)Cl)cc1. The Labute approximate surface area is 156 Å². The first-order valence-electron chi connectivity index (χ1n) is 7.03. The number of alkyl halides is 3. The Morgan fingerprint density at radius 1 is 1.17 bits per heavy atom. The zero-order valence-electron chi connectivity index (χ0n) is 13.4. The van der Waals surface area contributed by atoms with Gasteiger partial charge in [-0.3, -0.25) is 9.79 Å². The molecule has 0 radical (unpaired) electrons. The summed E-state index contributed by atoms with van der Waals surface area (Å²) in [6, 6.07) is 5.50. The summed E-state index contributed by atoms with van der Waals surface area (Å²) in [5.74, 6) is -0.689. The summed E-state index contributed by atoms with van der Waals surface area (Å²) in [5, 5.41) is 2.38. The third-order valence-corrected chi connectivity index (χ3v) is 5.78. The monoisotopic (exact) mass is 413 g/mol. The molecule has 0 aromatic heterocycles. The molecule has 0 unspecified atom stereocenters. The van der Waals surface area contributed by atoms with Crippen molar-refractivity contribution >= 4 is 56.6 Å². The van der Waals surface area contributed by atoms with Crippen molar-refractivity contribution in [1.82, 2.24) is 9.62 Å². The van der Waals surface area contributed by atoms with E-state index in [0.29, 0.717) is 13.1 Å². The lowest BCUT2D eigenvalue weighted by Crippen LogP contribution is -2.39. The highest BCUT2D eigenvalue weighted by atomic mass is 35.6. The number of rotatable bonds is 5. The number of carbonyl (C=O) groups is 1. The third kappa shape index (κ3) is 5.07. The van der Waals surface area contributed by atoms with Crippen LogP contribution < -0.4 is 5.32 Å². The van der Waals surface area contributed by atoms with Gasteiger partial charge in [0.2, 0.25) is 13.8 Å². The van der Waals surface area contributed by atoms with Crippen LogP contribution in [0.15, 0.2) is 34.2 Å². The normalized spacial score (nSPS) is 13.2. The number of nitrogens with zero attached hydrogens (tertiary/aromatic N) is 2. The maximum absolute atomic E-state index is 12.4. The topological polar surface area (TPSA) is 78.8 Å². The highest BCUT2D eigenvalue weighted by Gasteiger charge is 2.29. The minimum absolute atomic E-state index is 0.105. The standard InChI is InChI=1S/C14H18Cl3N3O3S/c1-4-20(5-2)24(22,23)11-8-6-10(7-9-11)12(21)19-13(18-3)14(15,16)17/h6-9H,4-5H2,1-3H3,(H,18,19,21). The molecule has 0 fully saturated rings. The first-order chi connectivity index (χ1) is 11.1. The molecule has 24 heavy (non-hydrogen) atoms. The number of amidine groups is 1. The first kappa shape index (κ1) is 21.2. The van der Waals surface area contributed by atoms with Crippen LogP contribution in [0.3, 0.4) is 0 Å². The molecule has 0 heterocycles. The van der Waals surface area contributed by atoms with Crippen LogP contribution in [0.25, 0.3) is 0 Å². The minimum atomic E-state index is -3.58. The number of sulfonamides is 1. The molecule has 0 aliphatic heterocycles. The largest absolute Gasteiger partial charge is 0.307 e. The summed E-state index contributed by atoms with van der Waals surface area (Å²) < 4.78 is 24.2. The lowest BCUT2D eigenvalue weighted by atomic mass is 10.2. The zero-order chi connectivity index (χ0) is 18.5. The van der Waals surface area contributed by atoms with Crippen LogP contribution in [0.4, 0.5) is 0 Å². The van der Waals surface area contributed by atoms with E-state index < -0.39 is 19.7 Å². The molecule has 1 N–H and O–H groups in total. The molecule has 0 atom stereocenters. The fourth-order valence-electron chi connectivity index (χ4n) is 1.92. The number of nitrogens with one attached hydrogen (secondary N) is 1. The van der Waals surface area contributed by atoms with E-state index in [-0.39, 0.29) is 16.3 Å². The second-order valence-electron chi connectivity index (χ2n) is 4.64. The Morgan fingerprint density at radius 3 is 2.04 bits per heavy atom. The van der Waals surface area contributed by atoms with Crippen LogP contribution in [-0.4, -0.2) is 48.4 Å². The van der Waals surface area contributed by atoms with E-state index in [1.165, 1.54) is 35.6 Å². The van der Waals surface area contributed by atoms with Crippen LogP contribution >= 0.6 is 34.8 Å². The van der Waals surface area contributed by atoms with Gasteiger partial charge in [0, 0.05) is 25.7 Å². The Balaban J connectivity index is 3.02. The van der Waals surface area contributed by atoms with E-state index in [2.05, 4.69) is 10.3 Å². The van der Waals surface area contributed by atoms with Crippen molar-refractivity contribution in [2.45, 2.75) is 22.5 Å². The number of hydrogen-bond acceptors (Lipinski definition) is 4. The van der Waals surface area contributed by atoms with E-state index >= 15 is 0 Å². The van der Waals surface area contributed by atoms with E-state index in [4.69, 9.17) is 34.8 Å². The molecular formula is C14H18Cl3N3O3S. The summed E-state index contributed by atoms with van der Waals surface area (Å²) in [5.41, 5.74) is 0.212. The molecule has 10 heteroatoms. The molecule has 0 aliphatic carbocycles. The Kier molecular flexibility index (Phi) is 7.49. The van der Waals surface area contributed by atoms with Gasteiger partial charge in [-0.1, -0.05) is 48.7 Å². The molecule has 6 nitrogen and oxygen atoms in total. The molecule has 0 saturated carbocycles. The van der Waals surface area contributed by atoms with Gasteiger partial charge in [-0.05, 0) is 24.3 Å². The predicted octanol–water partition coefficient (Wildman–Crippen LogP) is 2.85. The van der Waals surface area contributed by atoms with Crippen molar-refractivity contribution in [2.75, 3.05) is 20.1 Å². The van der Waals surface area contributed by atoms with Crippen LogP contribution in [0.2, 0.25) is 0 Å². The number of amides is 1. The van der Waals surface area contributed by atoms with E-state index in [1.54, 1.807) is 13.8 Å². The van der Waals surface area contributed by atoms with Crippen LogP contribution in [0.1, 0.15) is 24.2 Å². The average molecular weight is 415 g/mol. The van der Waals surface area contributed by atoms with Gasteiger partial charge in [-0.2, -0.15) is 4.31 Å². The molecule has 0 aliphatic rings. The number of hydrogen-bond donors (Lipinski definition) is 1.